The number of nitrogens with zero attached hydrogens (tertiary/aromatic N) is 1. The standard InChI is InChI=1S/C25H21NO5S/c1-29-18-12-9-16(10-13-18)22-23(32-19-7-5-4-6-8-19)25(28)26(24(22)27)17-11-14-20(30-2)21(15-17)31-3/h4-15H,1-3H3. The molecule has 0 bridgehead atoms. The number of hydrogen-bond donors (Lipinski definition) is 0. The molecule has 3 aromatic rings. The summed E-state index contributed by atoms with van der Waals surface area (Å²) in [7, 11) is 4.61. The average Bonchev–Trinajstić information content (AvgIpc) is 3.08. The van der Waals surface area contributed by atoms with Crippen molar-refractivity contribution >= 4 is 34.8 Å². The maximum Gasteiger partial charge on any atom is 0.272 e. The molecule has 4 rings (SSSR count). The smallest absolute Gasteiger partial charge is 0.272 e. The van der Waals surface area contributed by atoms with Crippen molar-refractivity contribution < 1.29 is 23.8 Å². The van der Waals surface area contributed by atoms with Gasteiger partial charge in [-0.3, -0.25) is 9.59 Å². The Kier molecular flexibility index (Phi) is 6.18. The van der Waals surface area contributed by atoms with Gasteiger partial charge in [0, 0.05) is 11.0 Å². The summed E-state index contributed by atoms with van der Waals surface area (Å²) in [6, 6.07) is 21.5. The van der Waals surface area contributed by atoms with Crippen LogP contribution in [0, 0.1) is 0 Å². The lowest BCUT2D eigenvalue weighted by Gasteiger charge is -2.17. The van der Waals surface area contributed by atoms with Crippen LogP contribution < -0.4 is 19.1 Å². The van der Waals surface area contributed by atoms with E-state index in [9.17, 15) is 9.59 Å². The topological polar surface area (TPSA) is 65.1 Å². The van der Waals surface area contributed by atoms with Crippen molar-refractivity contribution in [2.45, 2.75) is 4.90 Å². The molecule has 0 N–H and O–H groups in total. The van der Waals surface area contributed by atoms with E-state index >= 15 is 0 Å². The summed E-state index contributed by atoms with van der Waals surface area (Å²) < 4.78 is 15.9. The fourth-order valence-electron chi connectivity index (χ4n) is 3.42. The van der Waals surface area contributed by atoms with E-state index in [4.69, 9.17) is 14.2 Å². The van der Waals surface area contributed by atoms with Crippen LogP contribution in [0.4, 0.5) is 5.69 Å². The van der Waals surface area contributed by atoms with Crippen LogP contribution in [0.3, 0.4) is 0 Å². The number of ether oxygens (including phenoxy) is 3. The van der Waals surface area contributed by atoms with Crippen LogP contribution in [0.5, 0.6) is 17.2 Å². The SMILES string of the molecule is COc1ccc(C2=C(Sc3ccccc3)C(=O)N(c3ccc(OC)c(OC)c3)C2=O)cc1. The summed E-state index contributed by atoms with van der Waals surface area (Å²) in [6.07, 6.45) is 0. The molecular weight excluding hydrogens is 426 g/mol. The summed E-state index contributed by atoms with van der Waals surface area (Å²) >= 11 is 1.27. The van der Waals surface area contributed by atoms with Gasteiger partial charge in [-0.2, -0.15) is 0 Å². The number of rotatable bonds is 7. The highest BCUT2D eigenvalue weighted by atomic mass is 32.2. The van der Waals surface area contributed by atoms with Gasteiger partial charge in [0.25, 0.3) is 11.8 Å². The first-order valence-corrected chi connectivity index (χ1v) is 10.6. The maximum atomic E-state index is 13.6. The molecule has 32 heavy (non-hydrogen) atoms. The van der Waals surface area contributed by atoms with Gasteiger partial charge < -0.3 is 14.2 Å². The molecular formula is C25H21NO5S. The zero-order valence-corrected chi connectivity index (χ0v) is 18.6. The largest absolute Gasteiger partial charge is 0.497 e. The minimum absolute atomic E-state index is 0.348. The van der Waals surface area contributed by atoms with Crippen LogP contribution in [0.25, 0.3) is 5.57 Å². The number of amides is 2. The van der Waals surface area contributed by atoms with Crippen molar-refractivity contribution in [2.24, 2.45) is 0 Å². The lowest BCUT2D eigenvalue weighted by atomic mass is 10.1. The lowest BCUT2D eigenvalue weighted by Crippen LogP contribution is -2.31. The third kappa shape index (κ3) is 3.94. The van der Waals surface area contributed by atoms with Gasteiger partial charge in [-0.1, -0.05) is 42.1 Å². The molecule has 0 radical (unpaired) electrons. The second kappa shape index (κ2) is 9.20. The van der Waals surface area contributed by atoms with Crippen LogP contribution in [0.2, 0.25) is 0 Å². The first kappa shape index (κ1) is 21.5. The highest BCUT2D eigenvalue weighted by Gasteiger charge is 2.40. The van der Waals surface area contributed by atoms with Gasteiger partial charge in [0.2, 0.25) is 0 Å². The number of carbonyl (C=O) groups excluding carboxylic acids is 2. The molecule has 0 fully saturated rings. The summed E-state index contributed by atoms with van der Waals surface area (Å²) in [5.74, 6) is 0.825. The number of methoxy groups -OCH3 is 3. The van der Waals surface area contributed by atoms with E-state index in [2.05, 4.69) is 0 Å². The number of carbonyl (C=O) groups is 2. The van der Waals surface area contributed by atoms with Gasteiger partial charge in [-0.15, -0.1) is 0 Å². The molecule has 0 aliphatic carbocycles. The van der Waals surface area contributed by atoms with E-state index < -0.39 is 5.91 Å². The number of hydrogen-bond acceptors (Lipinski definition) is 6. The molecule has 162 valence electrons. The second-order valence-electron chi connectivity index (χ2n) is 6.83. The van der Waals surface area contributed by atoms with Gasteiger partial charge >= 0.3 is 0 Å². The quantitative estimate of drug-likeness (QED) is 0.485. The number of benzene rings is 3. The zero-order valence-electron chi connectivity index (χ0n) is 17.8. The van der Waals surface area contributed by atoms with Crippen molar-refractivity contribution in [3.05, 3.63) is 83.3 Å². The highest BCUT2D eigenvalue weighted by Crippen LogP contribution is 2.43. The summed E-state index contributed by atoms with van der Waals surface area (Å²) in [5.41, 5.74) is 1.40. The molecule has 0 aromatic heterocycles. The van der Waals surface area contributed by atoms with E-state index in [-0.39, 0.29) is 5.91 Å². The Morgan fingerprint density at radius 1 is 0.719 bits per heavy atom. The van der Waals surface area contributed by atoms with E-state index in [1.807, 2.05) is 30.3 Å². The molecule has 1 heterocycles. The van der Waals surface area contributed by atoms with Crippen molar-refractivity contribution in [3.8, 4) is 17.2 Å². The monoisotopic (exact) mass is 447 g/mol. The Balaban J connectivity index is 1.80. The van der Waals surface area contributed by atoms with Gasteiger partial charge in [-0.25, -0.2) is 4.90 Å². The van der Waals surface area contributed by atoms with Crippen LogP contribution in [0.1, 0.15) is 5.56 Å². The zero-order chi connectivity index (χ0) is 22.7. The maximum absolute atomic E-state index is 13.6. The first-order valence-electron chi connectivity index (χ1n) is 9.79. The predicted octanol–water partition coefficient (Wildman–Crippen LogP) is 4.79. The molecule has 7 heteroatoms. The molecule has 0 spiro atoms. The van der Waals surface area contributed by atoms with Gasteiger partial charge in [0.15, 0.2) is 11.5 Å². The van der Waals surface area contributed by atoms with Crippen molar-refractivity contribution in [1.29, 1.82) is 0 Å². The molecule has 0 atom stereocenters. The number of thioether (sulfide) groups is 1. The Hall–Kier alpha value is -3.71. The van der Waals surface area contributed by atoms with Crippen molar-refractivity contribution in [3.63, 3.8) is 0 Å². The lowest BCUT2D eigenvalue weighted by molar-refractivity contribution is -0.119. The second-order valence-corrected chi connectivity index (χ2v) is 7.92. The van der Waals surface area contributed by atoms with E-state index in [1.54, 1.807) is 49.6 Å². The van der Waals surface area contributed by atoms with Crippen LogP contribution >= 0.6 is 11.8 Å². The molecule has 0 saturated carbocycles. The third-order valence-electron chi connectivity index (χ3n) is 5.01. The molecule has 3 aromatic carbocycles. The van der Waals surface area contributed by atoms with E-state index in [1.165, 1.54) is 30.9 Å². The van der Waals surface area contributed by atoms with Gasteiger partial charge in [0.1, 0.15) is 5.75 Å². The van der Waals surface area contributed by atoms with Crippen molar-refractivity contribution in [1.82, 2.24) is 0 Å². The third-order valence-corrected chi connectivity index (χ3v) is 6.10. The minimum atomic E-state index is -0.397. The van der Waals surface area contributed by atoms with Crippen molar-refractivity contribution in [2.75, 3.05) is 26.2 Å². The van der Waals surface area contributed by atoms with E-state index in [0.29, 0.717) is 39.0 Å². The highest BCUT2D eigenvalue weighted by molar-refractivity contribution is 8.04. The molecule has 0 unspecified atom stereocenters. The Morgan fingerprint density at radius 3 is 2.03 bits per heavy atom. The Bertz CT molecular complexity index is 1190. The van der Waals surface area contributed by atoms with Crippen LogP contribution in [-0.2, 0) is 9.59 Å². The van der Waals surface area contributed by atoms with Gasteiger partial charge in [-0.05, 0) is 42.0 Å². The normalized spacial score (nSPS) is 13.5. The Labute approximate surface area is 190 Å². The molecule has 0 saturated heterocycles. The molecule has 1 aliphatic rings. The predicted molar refractivity (Wildman–Crippen MR) is 124 cm³/mol. The fraction of sp³-hybridized carbons (Fsp3) is 0.120. The summed E-state index contributed by atoms with van der Waals surface area (Å²) in [6.45, 7) is 0. The summed E-state index contributed by atoms with van der Waals surface area (Å²) in [4.78, 5) is 29.5. The average molecular weight is 448 g/mol. The molecule has 1 aliphatic heterocycles. The molecule has 6 nitrogen and oxygen atoms in total. The molecule has 2 amide bonds. The van der Waals surface area contributed by atoms with Crippen LogP contribution in [0.15, 0.2) is 82.6 Å². The van der Waals surface area contributed by atoms with Gasteiger partial charge in [0.05, 0.1) is 37.5 Å². The fourth-order valence-corrected chi connectivity index (χ4v) is 4.44. The first-order chi connectivity index (χ1) is 15.6. The Morgan fingerprint density at radius 2 is 1.41 bits per heavy atom. The summed E-state index contributed by atoms with van der Waals surface area (Å²) in [5, 5.41) is 0. The van der Waals surface area contributed by atoms with E-state index in [0.717, 1.165) is 4.90 Å². The minimum Gasteiger partial charge on any atom is -0.497 e. The number of anilines is 1. The number of imide groups is 1. The van der Waals surface area contributed by atoms with Crippen LogP contribution in [-0.4, -0.2) is 33.1 Å².